The molecule has 12 heavy (non-hydrogen) atoms. The number of amides is 1. The van der Waals surface area contributed by atoms with Crippen molar-refractivity contribution in [2.24, 2.45) is 10.7 Å². The SMILES string of the molecule is NC1=NC2(CCSCC2)C(=O)N1. The maximum atomic E-state index is 11.4. The number of rotatable bonds is 0. The zero-order valence-electron chi connectivity index (χ0n) is 6.67. The van der Waals surface area contributed by atoms with Gasteiger partial charge in [-0.1, -0.05) is 0 Å². The fourth-order valence-corrected chi connectivity index (χ4v) is 2.76. The molecule has 1 fully saturated rings. The molecule has 1 saturated heterocycles. The lowest BCUT2D eigenvalue weighted by molar-refractivity contribution is -0.123. The maximum Gasteiger partial charge on any atom is 0.254 e. The molecule has 0 atom stereocenters. The zero-order valence-corrected chi connectivity index (χ0v) is 7.49. The summed E-state index contributed by atoms with van der Waals surface area (Å²) in [6.07, 6.45) is 1.65. The highest BCUT2D eigenvalue weighted by Crippen LogP contribution is 2.32. The van der Waals surface area contributed by atoms with E-state index in [1.807, 2.05) is 11.8 Å². The van der Waals surface area contributed by atoms with E-state index < -0.39 is 5.54 Å². The molecule has 0 saturated carbocycles. The molecule has 2 aliphatic heterocycles. The Morgan fingerprint density at radius 1 is 1.50 bits per heavy atom. The number of hydrogen-bond donors (Lipinski definition) is 2. The Balaban J connectivity index is 2.23. The van der Waals surface area contributed by atoms with Gasteiger partial charge in [-0.25, -0.2) is 4.99 Å². The third-order valence-corrected chi connectivity index (χ3v) is 3.30. The molecule has 0 aromatic rings. The van der Waals surface area contributed by atoms with Gasteiger partial charge in [0, 0.05) is 0 Å². The quantitative estimate of drug-likeness (QED) is 0.544. The fraction of sp³-hybridized carbons (Fsp3) is 0.714. The van der Waals surface area contributed by atoms with Crippen molar-refractivity contribution in [3.8, 4) is 0 Å². The number of carbonyl (C=O) groups excluding carboxylic acids is 1. The van der Waals surface area contributed by atoms with Crippen LogP contribution in [0.3, 0.4) is 0 Å². The molecule has 0 unspecified atom stereocenters. The molecule has 0 aromatic heterocycles. The van der Waals surface area contributed by atoms with Crippen molar-refractivity contribution in [2.45, 2.75) is 18.4 Å². The summed E-state index contributed by atoms with van der Waals surface area (Å²) in [5.41, 5.74) is 4.94. The normalized spacial score (nSPS) is 27.0. The fourth-order valence-electron chi connectivity index (χ4n) is 1.59. The van der Waals surface area contributed by atoms with Crippen molar-refractivity contribution in [3.05, 3.63) is 0 Å². The van der Waals surface area contributed by atoms with Crippen molar-refractivity contribution in [2.75, 3.05) is 11.5 Å². The number of carbonyl (C=O) groups is 1. The summed E-state index contributed by atoms with van der Waals surface area (Å²) >= 11 is 1.87. The van der Waals surface area contributed by atoms with Crippen LogP contribution in [-0.4, -0.2) is 28.9 Å². The molecule has 4 nitrogen and oxygen atoms in total. The largest absolute Gasteiger partial charge is 0.370 e. The molecular formula is C7H11N3OS. The van der Waals surface area contributed by atoms with Gasteiger partial charge in [-0.3, -0.25) is 10.1 Å². The van der Waals surface area contributed by atoms with Gasteiger partial charge in [0.25, 0.3) is 5.91 Å². The molecule has 0 radical (unpaired) electrons. The monoisotopic (exact) mass is 185 g/mol. The zero-order chi connectivity index (χ0) is 8.60. The number of nitrogens with zero attached hydrogens (tertiary/aromatic N) is 1. The molecule has 1 amide bonds. The summed E-state index contributed by atoms with van der Waals surface area (Å²) in [5.74, 6) is 2.28. The van der Waals surface area contributed by atoms with E-state index in [-0.39, 0.29) is 11.9 Å². The summed E-state index contributed by atoms with van der Waals surface area (Å²) < 4.78 is 0. The molecule has 5 heteroatoms. The van der Waals surface area contributed by atoms with Crippen LogP contribution in [0.1, 0.15) is 12.8 Å². The molecule has 0 aromatic carbocycles. The number of guanidine groups is 1. The highest BCUT2D eigenvalue weighted by molar-refractivity contribution is 7.99. The first-order chi connectivity index (χ1) is 5.73. The highest BCUT2D eigenvalue weighted by Gasteiger charge is 2.43. The molecule has 0 bridgehead atoms. The van der Waals surface area contributed by atoms with E-state index in [4.69, 9.17) is 5.73 Å². The Hall–Kier alpha value is -0.710. The molecule has 2 rings (SSSR count). The summed E-state index contributed by atoms with van der Waals surface area (Å²) in [4.78, 5) is 15.6. The molecule has 2 aliphatic rings. The number of thioether (sulfide) groups is 1. The molecule has 66 valence electrons. The van der Waals surface area contributed by atoms with Crippen LogP contribution in [0, 0.1) is 0 Å². The van der Waals surface area contributed by atoms with Gasteiger partial charge in [0.2, 0.25) is 0 Å². The first kappa shape index (κ1) is 7.91. The van der Waals surface area contributed by atoms with Gasteiger partial charge in [0.1, 0.15) is 5.54 Å². The van der Waals surface area contributed by atoms with E-state index in [1.165, 1.54) is 0 Å². The van der Waals surface area contributed by atoms with Crippen LogP contribution in [0.4, 0.5) is 0 Å². The second-order valence-corrected chi connectivity index (χ2v) is 4.32. The van der Waals surface area contributed by atoms with Gasteiger partial charge >= 0.3 is 0 Å². The van der Waals surface area contributed by atoms with E-state index in [1.54, 1.807) is 0 Å². The number of hydrogen-bond acceptors (Lipinski definition) is 4. The lowest BCUT2D eigenvalue weighted by atomic mass is 9.93. The van der Waals surface area contributed by atoms with Crippen molar-refractivity contribution in [1.82, 2.24) is 5.32 Å². The van der Waals surface area contributed by atoms with Crippen LogP contribution >= 0.6 is 11.8 Å². The number of nitrogens with two attached hydrogens (primary N) is 1. The van der Waals surface area contributed by atoms with Gasteiger partial charge in [-0.05, 0) is 24.3 Å². The third-order valence-electron chi connectivity index (χ3n) is 2.32. The molecule has 1 spiro atoms. The van der Waals surface area contributed by atoms with E-state index in [2.05, 4.69) is 10.3 Å². The Morgan fingerprint density at radius 3 is 2.67 bits per heavy atom. The minimum absolute atomic E-state index is 0.0136. The Morgan fingerprint density at radius 2 is 2.17 bits per heavy atom. The van der Waals surface area contributed by atoms with E-state index >= 15 is 0 Å². The van der Waals surface area contributed by atoms with Crippen LogP contribution in [-0.2, 0) is 4.79 Å². The van der Waals surface area contributed by atoms with Crippen LogP contribution in [0.15, 0.2) is 4.99 Å². The topological polar surface area (TPSA) is 67.5 Å². The van der Waals surface area contributed by atoms with Crippen molar-refractivity contribution >= 4 is 23.6 Å². The first-order valence-corrected chi connectivity index (χ1v) is 5.13. The van der Waals surface area contributed by atoms with Gasteiger partial charge in [-0.15, -0.1) is 0 Å². The van der Waals surface area contributed by atoms with Gasteiger partial charge in [0.05, 0.1) is 0 Å². The van der Waals surface area contributed by atoms with Crippen molar-refractivity contribution < 1.29 is 4.79 Å². The molecular weight excluding hydrogens is 174 g/mol. The van der Waals surface area contributed by atoms with Gasteiger partial charge < -0.3 is 5.73 Å². The average molecular weight is 185 g/mol. The minimum atomic E-state index is -0.505. The molecule has 3 N–H and O–H groups in total. The second kappa shape index (κ2) is 2.65. The predicted molar refractivity (Wildman–Crippen MR) is 49.1 cm³/mol. The van der Waals surface area contributed by atoms with Gasteiger partial charge in [-0.2, -0.15) is 11.8 Å². The van der Waals surface area contributed by atoms with E-state index in [9.17, 15) is 4.79 Å². The molecule has 2 heterocycles. The first-order valence-electron chi connectivity index (χ1n) is 3.97. The maximum absolute atomic E-state index is 11.4. The third kappa shape index (κ3) is 1.08. The highest BCUT2D eigenvalue weighted by atomic mass is 32.2. The number of nitrogens with one attached hydrogen (secondary N) is 1. The minimum Gasteiger partial charge on any atom is -0.370 e. The number of aliphatic imine (C=N–C) groups is 1. The Bertz CT molecular complexity index is 245. The second-order valence-electron chi connectivity index (χ2n) is 3.10. The van der Waals surface area contributed by atoms with Crippen LogP contribution in [0.5, 0.6) is 0 Å². The van der Waals surface area contributed by atoms with Crippen molar-refractivity contribution in [1.29, 1.82) is 0 Å². The van der Waals surface area contributed by atoms with Crippen LogP contribution < -0.4 is 11.1 Å². The van der Waals surface area contributed by atoms with Crippen molar-refractivity contribution in [3.63, 3.8) is 0 Å². The van der Waals surface area contributed by atoms with E-state index in [0.717, 1.165) is 24.3 Å². The summed E-state index contributed by atoms with van der Waals surface area (Å²) in [5, 5.41) is 2.56. The Kier molecular flexibility index (Phi) is 1.75. The van der Waals surface area contributed by atoms with Crippen LogP contribution in [0.25, 0.3) is 0 Å². The van der Waals surface area contributed by atoms with Gasteiger partial charge in [0.15, 0.2) is 5.96 Å². The average Bonchev–Trinajstić information content (AvgIpc) is 2.29. The molecule has 0 aliphatic carbocycles. The predicted octanol–water partition coefficient (Wildman–Crippen LogP) is -0.303. The summed E-state index contributed by atoms with van der Waals surface area (Å²) in [6.45, 7) is 0. The standard InChI is InChI=1S/C7H11N3OS/c8-6-9-5(11)7(10-6)1-3-12-4-2-7/h1-4H2,(H3,8,9,10,11). The summed E-state index contributed by atoms with van der Waals surface area (Å²) in [6, 6.07) is 0. The Labute approximate surface area is 75.0 Å². The lowest BCUT2D eigenvalue weighted by Gasteiger charge is -2.26. The lowest BCUT2D eigenvalue weighted by Crippen LogP contribution is -2.43. The van der Waals surface area contributed by atoms with E-state index in [0.29, 0.717) is 0 Å². The smallest absolute Gasteiger partial charge is 0.254 e. The van der Waals surface area contributed by atoms with Crippen LogP contribution in [0.2, 0.25) is 0 Å². The summed E-state index contributed by atoms with van der Waals surface area (Å²) in [7, 11) is 0.